The van der Waals surface area contributed by atoms with Gasteiger partial charge in [0.2, 0.25) is 0 Å². The number of anilines is 1. The second-order valence-electron chi connectivity index (χ2n) is 3.87. The molecule has 100 valence electrons. The first kappa shape index (κ1) is 14.2. The van der Waals surface area contributed by atoms with Crippen LogP contribution in [0, 0.1) is 5.82 Å². The van der Waals surface area contributed by atoms with E-state index < -0.39 is 17.8 Å². The molecule has 0 saturated heterocycles. The maximum atomic E-state index is 13.6. The lowest BCUT2D eigenvalue weighted by Crippen LogP contribution is -2.41. The van der Waals surface area contributed by atoms with E-state index in [2.05, 4.69) is 0 Å². The smallest absolute Gasteiger partial charge is 0.322 e. The number of carbonyl (C=O) groups is 1. The topological polar surface area (TPSA) is 75.8 Å². The number of benzene rings is 1. The summed E-state index contributed by atoms with van der Waals surface area (Å²) in [6, 6.07) is 3.45. The fourth-order valence-electron chi connectivity index (χ4n) is 1.48. The van der Waals surface area contributed by atoms with Gasteiger partial charge in [0.05, 0.1) is 6.61 Å². The van der Waals surface area contributed by atoms with Crippen molar-refractivity contribution in [2.75, 3.05) is 25.1 Å². The second kappa shape index (κ2) is 6.20. The van der Waals surface area contributed by atoms with Gasteiger partial charge in [0.1, 0.15) is 6.04 Å². The van der Waals surface area contributed by atoms with Crippen molar-refractivity contribution in [3.05, 3.63) is 24.0 Å². The van der Waals surface area contributed by atoms with Crippen molar-refractivity contribution in [1.82, 2.24) is 0 Å². The number of nitrogens with two attached hydrogens (primary N) is 1. The average molecular weight is 256 g/mol. The zero-order valence-electron chi connectivity index (χ0n) is 10.4. The lowest BCUT2D eigenvalue weighted by atomic mass is 10.2. The molecule has 0 amide bonds. The number of hydrogen-bond acceptors (Lipinski definition) is 4. The summed E-state index contributed by atoms with van der Waals surface area (Å²) in [6.45, 7) is 2.25. The minimum Gasteiger partial charge on any atom is -0.491 e. The number of carboxylic acid groups (broad SMARTS) is 1. The Kier molecular flexibility index (Phi) is 4.91. The van der Waals surface area contributed by atoms with Crippen LogP contribution in [0.5, 0.6) is 5.75 Å². The molecule has 1 aromatic rings. The van der Waals surface area contributed by atoms with E-state index in [1.165, 1.54) is 12.1 Å². The van der Waals surface area contributed by atoms with Crippen molar-refractivity contribution >= 4 is 11.7 Å². The lowest BCUT2D eigenvalue weighted by Gasteiger charge is -2.21. The summed E-state index contributed by atoms with van der Waals surface area (Å²) in [6.07, 6.45) is 0. The normalized spacial score (nSPS) is 12.0. The molecule has 0 aliphatic rings. The second-order valence-corrected chi connectivity index (χ2v) is 3.87. The molecule has 1 aromatic carbocycles. The van der Waals surface area contributed by atoms with Crippen LogP contribution in [0.3, 0.4) is 0 Å². The molecule has 0 aromatic heterocycles. The molecule has 0 radical (unpaired) electrons. The molecule has 1 rings (SSSR count). The Labute approximate surface area is 105 Å². The summed E-state index contributed by atoms with van der Waals surface area (Å²) in [7, 11) is 1.65. The van der Waals surface area contributed by atoms with Crippen LogP contribution in [0.1, 0.15) is 6.92 Å². The number of ether oxygens (including phenoxy) is 1. The number of rotatable bonds is 6. The van der Waals surface area contributed by atoms with Crippen molar-refractivity contribution in [1.29, 1.82) is 0 Å². The van der Waals surface area contributed by atoms with E-state index in [1.807, 2.05) is 0 Å². The van der Waals surface area contributed by atoms with Gasteiger partial charge in [-0.2, -0.15) is 0 Å². The number of carboxylic acids is 1. The van der Waals surface area contributed by atoms with Gasteiger partial charge in [0, 0.05) is 25.3 Å². The van der Waals surface area contributed by atoms with Gasteiger partial charge >= 0.3 is 5.97 Å². The third-order valence-corrected chi connectivity index (χ3v) is 2.44. The fraction of sp³-hybridized carbons (Fsp3) is 0.417. The largest absolute Gasteiger partial charge is 0.491 e. The van der Waals surface area contributed by atoms with Gasteiger partial charge < -0.3 is 20.5 Å². The maximum Gasteiger partial charge on any atom is 0.322 e. The van der Waals surface area contributed by atoms with Gasteiger partial charge in [0.15, 0.2) is 11.6 Å². The highest BCUT2D eigenvalue weighted by Gasteiger charge is 2.15. The molecule has 18 heavy (non-hydrogen) atoms. The fourth-order valence-corrected chi connectivity index (χ4v) is 1.48. The van der Waals surface area contributed by atoms with Crippen molar-refractivity contribution < 1.29 is 19.0 Å². The first-order valence-electron chi connectivity index (χ1n) is 5.57. The van der Waals surface area contributed by atoms with Crippen molar-refractivity contribution in [2.45, 2.75) is 13.0 Å². The van der Waals surface area contributed by atoms with Crippen LogP contribution in [-0.4, -0.2) is 37.3 Å². The Morgan fingerprint density at radius 1 is 1.61 bits per heavy atom. The zero-order valence-corrected chi connectivity index (χ0v) is 10.4. The SMILES string of the molecule is CCOc1ccc(N(C)CC(N)C(=O)O)cc1F. The molecular weight excluding hydrogens is 239 g/mol. The van der Waals surface area contributed by atoms with E-state index in [0.717, 1.165) is 0 Å². The highest BCUT2D eigenvalue weighted by Crippen LogP contribution is 2.23. The zero-order chi connectivity index (χ0) is 13.7. The Morgan fingerprint density at radius 2 is 2.28 bits per heavy atom. The van der Waals surface area contributed by atoms with E-state index in [4.69, 9.17) is 15.6 Å². The first-order chi connectivity index (χ1) is 8.45. The molecule has 1 unspecified atom stereocenters. The third kappa shape index (κ3) is 3.59. The summed E-state index contributed by atoms with van der Waals surface area (Å²) in [5.74, 6) is -1.39. The van der Waals surface area contributed by atoms with Crippen LogP contribution in [-0.2, 0) is 4.79 Å². The maximum absolute atomic E-state index is 13.6. The molecule has 5 nitrogen and oxygen atoms in total. The van der Waals surface area contributed by atoms with Crippen LogP contribution in [0.4, 0.5) is 10.1 Å². The summed E-state index contributed by atoms with van der Waals surface area (Å²) in [5.41, 5.74) is 5.96. The predicted octanol–water partition coefficient (Wildman–Crippen LogP) is 1.07. The van der Waals surface area contributed by atoms with E-state index in [9.17, 15) is 9.18 Å². The van der Waals surface area contributed by atoms with E-state index >= 15 is 0 Å². The van der Waals surface area contributed by atoms with Gasteiger partial charge in [-0.25, -0.2) is 4.39 Å². The van der Waals surface area contributed by atoms with E-state index in [-0.39, 0.29) is 12.3 Å². The van der Waals surface area contributed by atoms with Crippen LogP contribution in [0.2, 0.25) is 0 Å². The Morgan fingerprint density at radius 3 is 2.78 bits per heavy atom. The minimum atomic E-state index is -1.09. The van der Waals surface area contributed by atoms with Crippen LogP contribution >= 0.6 is 0 Å². The number of likely N-dealkylation sites (N-methyl/N-ethyl adjacent to an activating group) is 1. The van der Waals surface area contributed by atoms with Gasteiger partial charge in [0.25, 0.3) is 0 Å². The molecule has 0 aliphatic heterocycles. The predicted molar refractivity (Wildman–Crippen MR) is 66.5 cm³/mol. The van der Waals surface area contributed by atoms with Gasteiger partial charge in [-0.15, -0.1) is 0 Å². The average Bonchev–Trinajstić information content (AvgIpc) is 2.31. The van der Waals surface area contributed by atoms with Crippen LogP contribution in [0.15, 0.2) is 18.2 Å². The van der Waals surface area contributed by atoms with Gasteiger partial charge in [-0.3, -0.25) is 4.79 Å². The Hall–Kier alpha value is -1.82. The van der Waals surface area contributed by atoms with E-state index in [0.29, 0.717) is 12.3 Å². The summed E-state index contributed by atoms with van der Waals surface area (Å²) < 4.78 is 18.7. The summed E-state index contributed by atoms with van der Waals surface area (Å²) in [5, 5.41) is 8.70. The molecule has 0 saturated carbocycles. The molecule has 0 bridgehead atoms. The highest BCUT2D eigenvalue weighted by molar-refractivity contribution is 5.74. The quantitative estimate of drug-likeness (QED) is 0.796. The van der Waals surface area contributed by atoms with Crippen molar-refractivity contribution in [3.63, 3.8) is 0 Å². The standard InChI is InChI=1S/C12H17FN2O3/c1-3-18-11-5-4-8(6-9(11)13)15(2)7-10(14)12(16)17/h4-6,10H,3,7,14H2,1-2H3,(H,16,17). The van der Waals surface area contributed by atoms with Crippen molar-refractivity contribution in [3.8, 4) is 5.75 Å². The highest BCUT2D eigenvalue weighted by atomic mass is 19.1. The van der Waals surface area contributed by atoms with Gasteiger partial charge in [-0.1, -0.05) is 0 Å². The summed E-state index contributed by atoms with van der Waals surface area (Å²) >= 11 is 0. The van der Waals surface area contributed by atoms with Crippen LogP contribution in [0.25, 0.3) is 0 Å². The molecule has 1 atom stereocenters. The van der Waals surface area contributed by atoms with E-state index in [1.54, 1.807) is 24.9 Å². The molecule has 0 spiro atoms. The number of nitrogens with zero attached hydrogens (tertiary/aromatic N) is 1. The Balaban J connectivity index is 2.77. The number of aliphatic carboxylic acids is 1. The third-order valence-electron chi connectivity index (χ3n) is 2.44. The molecular formula is C12H17FN2O3. The van der Waals surface area contributed by atoms with Crippen molar-refractivity contribution in [2.24, 2.45) is 5.73 Å². The Bertz CT molecular complexity index is 426. The van der Waals surface area contributed by atoms with Crippen LogP contribution < -0.4 is 15.4 Å². The minimum absolute atomic E-state index is 0.1000. The number of halogens is 1. The molecule has 3 N–H and O–H groups in total. The van der Waals surface area contributed by atoms with Gasteiger partial charge in [-0.05, 0) is 19.1 Å². The summed E-state index contributed by atoms with van der Waals surface area (Å²) in [4.78, 5) is 12.2. The molecule has 6 heteroatoms. The molecule has 0 heterocycles. The lowest BCUT2D eigenvalue weighted by molar-refractivity contribution is -0.138. The molecule has 0 aliphatic carbocycles. The monoisotopic (exact) mass is 256 g/mol. The molecule has 0 fully saturated rings. The number of hydrogen-bond donors (Lipinski definition) is 2. The first-order valence-corrected chi connectivity index (χ1v) is 5.57.